The Morgan fingerprint density at radius 1 is 1.13 bits per heavy atom. The number of fused-ring (bicyclic) bond motifs is 1. The largest absolute Gasteiger partial charge is 0.465 e. The van der Waals surface area contributed by atoms with Crippen molar-refractivity contribution in [1.29, 1.82) is 0 Å². The molecule has 10 nitrogen and oxygen atoms in total. The highest BCUT2D eigenvalue weighted by Gasteiger charge is 2.26. The van der Waals surface area contributed by atoms with Gasteiger partial charge in [0.25, 0.3) is 5.56 Å². The Morgan fingerprint density at radius 2 is 1.84 bits per heavy atom. The maximum absolute atomic E-state index is 12.7. The number of imidazole rings is 1. The molecule has 0 bridgehead atoms. The lowest BCUT2D eigenvalue weighted by Gasteiger charge is -2.34. The summed E-state index contributed by atoms with van der Waals surface area (Å²) in [5, 5.41) is 0. The Bertz CT molecular complexity index is 1190. The molecule has 1 aromatic carbocycles. The average Bonchev–Trinajstić information content (AvgIpc) is 3.13. The molecule has 4 rings (SSSR count). The molecule has 0 saturated carbocycles. The molecule has 1 saturated heterocycles. The zero-order valence-electron chi connectivity index (χ0n) is 17.7. The number of nitrogens with zero attached hydrogens (tertiary/aromatic N) is 5. The molecule has 1 aliphatic heterocycles. The van der Waals surface area contributed by atoms with E-state index in [9.17, 15) is 14.4 Å². The van der Waals surface area contributed by atoms with E-state index in [0.717, 1.165) is 5.56 Å². The van der Waals surface area contributed by atoms with Gasteiger partial charge in [-0.25, -0.2) is 4.79 Å². The standard InChI is InChI=1S/C21H26N6O4/c1-3-31-16(28)14-25-9-11-26(12-10-25)20-22-18-17(19(29)23-21(30)24(18)2)27(20)13-15-7-5-4-6-8-15/h4-8H,3,9-14H2,1-2H3,(H,23,29,30). The molecule has 0 aliphatic carbocycles. The number of aromatic nitrogens is 4. The van der Waals surface area contributed by atoms with Gasteiger partial charge in [-0.3, -0.25) is 28.6 Å². The second kappa shape index (κ2) is 8.76. The van der Waals surface area contributed by atoms with Crippen LogP contribution in [0.2, 0.25) is 0 Å². The maximum Gasteiger partial charge on any atom is 0.329 e. The lowest BCUT2D eigenvalue weighted by Crippen LogP contribution is -2.49. The van der Waals surface area contributed by atoms with Crippen LogP contribution < -0.4 is 16.1 Å². The van der Waals surface area contributed by atoms with Crippen molar-refractivity contribution in [2.45, 2.75) is 13.5 Å². The SMILES string of the molecule is CCOC(=O)CN1CCN(c2nc3c(c(=O)[nH]c(=O)n3C)n2Cc2ccccc2)CC1. The van der Waals surface area contributed by atoms with E-state index in [1.165, 1.54) is 4.57 Å². The van der Waals surface area contributed by atoms with Gasteiger partial charge in [-0.15, -0.1) is 0 Å². The number of hydrogen-bond acceptors (Lipinski definition) is 7. The molecule has 2 aromatic heterocycles. The van der Waals surface area contributed by atoms with Gasteiger partial charge in [0.05, 0.1) is 19.7 Å². The fourth-order valence-corrected chi connectivity index (χ4v) is 3.88. The third-order valence-electron chi connectivity index (χ3n) is 5.48. The van der Waals surface area contributed by atoms with Crippen molar-refractivity contribution in [3.05, 3.63) is 56.7 Å². The molecule has 0 amide bonds. The summed E-state index contributed by atoms with van der Waals surface area (Å²) in [6, 6.07) is 9.81. The first-order valence-corrected chi connectivity index (χ1v) is 10.3. The number of carbonyl (C=O) groups excluding carboxylic acids is 1. The number of rotatable bonds is 6. The highest BCUT2D eigenvalue weighted by atomic mass is 16.5. The van der Waals surface area contributed by atoms with Gasteiger partial charge in [-0.05, 0) is 12.5 Å². The predicted octanol–water partition coefficient (Wildman–Crippen LogP) is 0.157. The summed E-state index contributed by atoms with van der Waals surface area (Å²) < 4.78 is 8.26. The van der Waals surface area contributed by atoms with Crippen LogP contribution in [0.25, 0.3) is 11.2 Å². The van der Waals surface area contributed by atoms with Gasteiger partial charge in [-0.1, -0.05) is 30.3 Å². The molecule has 1 fully saturated rings. The second-order valence-corrected chi connectivity index (χ2v) is 7.54. The minimum atomic E-state index is -0.493. The van der Waals surface area contributed by atoms with E-state index in [1.807, 2.05) is 39.8 Å². The fraction of sp³-hybridized carbons (Fsp3) is 0.429. The molecule has 0 unspecified atom stereocenters. The normalized spacial score (nSPS) is 14.8. The van der Waals surface area contributed by atoms with Crippen LogP contribution in [0.4, 0.5) is 5.95 Å². The van der Waals surface area contributed by atoms with Crippen molar-refractivity contribution in [2.24, 2.45) is 7.05 Å². The third-order valence-corrected chi connectivity index (χ3v) is 5.48. The van der Waals surface area contributed by atoms with Gasteiger partial charge in [0.1, 0.15) is 0 Å². The molecule has 164 valence electrons. The monoisotopic (exact) mass is 426 g/mol. The van der Waals surface area contributed by atoms with E-state index in [-0.39, 0.29) is 12.5 Å². The minimum absolute atomic E-state index is 0.228. The molecule has 1 aliphatic rings. The number of aromatic amines is 1. The minimum Gasteiger partial charge on any atom is -0.465 e. The number of esters is 1. The number of anilines is 1. The molecular formula is C21H26N6O4. The van der Waals surface area contributed by atoms with E-state index in [1.54, 1.807) is 14.0 Å². The first kappa shape index (κ1) is 20.9. The van der Waals surface area contributed by atoms with Gasteiger partial charge in [0, 0.05) is 33.2 Å². The topological polar surface area (TPSA) is 105 Å². The highest BCUT2D eigenvalue weighted by molar-refractivity contribution is 5.75. The zero-order valence-corrected chi connectivity index (χ0v) is 17.7. The number of carbonyl (C=O) groups is 1. The molecule has 3 heterocycles. The average molecular weight is 426 g/mol. The van der Waals surface area contributed by atoms with Crippen LogP contribution in [0.15, 0.2) is 39.9 Å². The number of hydrogen-bond donors (Lipinski definition) is 1. The number of H-pyrrole nitrogens is 1. The number of benzene rings is 1. The van der Waals surface area contributed by atoms with Crippen LogP contribution >= 0.6 is 0 Å². The van der Waals surface area contributed by atoms with Crippen LogP contribution in [-0.2, 0) is 23.1 Å². The summed E-state index contributed by atoms with van der Waals surface area (Å²) in [7, 11) is 1.60. The number of ether oxygens (including phenoxy) is 1. The summed E-state index contributed by atoms with van der Waals surface area (Å²) in [5.74, 6) is 0.412. The smallest absolute Gasteiger partial charge is 0.329 e. The van der Waals surface area contributed by atoms with Gasteiger partial charge < -0.3 is 9.64 Å². The van der Waals surface area contributed by atoms with Gasteiger partial charge >= 0.3 is 11.7 Å². The first-order valence-electron chi connectivity index (χ1n) is 10.3. The summed E-state index contributed by atoms with van der Waals surface area (Å²) in [4.78, 5) is 47.8. The van der Waals surface area contributed by atoms with Gasteiger partial charge in [0.15, 0.2) is 11.2 Å². The Labute approximate surface area is 178 Å². The highest BCUT2D eigenvalue weighted by Crippen LogP contribution is 2.22. The second-order valence-electron chi connectivity index (χ2n) is 7.54. The van der Waals surface area contributed by atoms with Gasteiger partial charge in [-0.2, -0.15) is 4.98 Å². The van der Waals surface area contributed by atoms with Crippen LogP contribution in [0.5, 0.6) is 0 Å². The quantitative estimate of drug-likeness (QED) is 0.560. The Kier molecular flexibility index (Phi) is 5.90. The fourth-order valence-electron chi connectivity index (χ4n) is 3.88. The maximum atomic E-state index is 12.7. The summed E-state index contributed by atoms with van der Waals surface area (Å²) >= 11 is 0. The molecule has 0 radical (unpaired) electrons. The summed E-state index contributed by atoms with van der Waals surface area (Å²) in [5.41, 5.74) is 0.808. The van der Waals surface area contributed by atoms with Gasteiger partial charge in [0.2, 0.25) is 5.95 Å². The molecule has 31 heavy (non-hydrogen) atoms. The summed E-state index contributed by atoms with van der Waals surface area (Å²) in [6.45, 7) is 5.50. The van der Waals surface area contributed by atoms with Crippen LogP contribution in [0.1, 0.15) is 12.5 Å². The Hall–Kier alpha value is -3.40. The molecular weight excluding hydrogens is 400 g/mol. The number of nitrogens with one attached hydrogen (secondary N) is 1. The molecule has 3 aromatic rings. The Balaban J connectivity index is 1.67. The van der Waals surface area contributed by atoms with E-state index < -0.39 is 11.2 Å². The number of aryl methyl sites for hydroxylation is 1. The van der Waals surface area contributed by atoms with Crippen molar-refractivity contribution < 1.29 is 9.53 Å². The molecule has 10 heteroatoms. The van der Waals surface area contributed by atoms with Crippen molar-refractivity contribution in [1.82, 2.24) is 24.0 Å². The molecule has 1 N–H and O–H groups in total. The van der Waals surface area contributed by atoms with E-state index in [0.29, 0.717) is 56.4 Å². The van der Waals surface area contributed by atoms with Crippen molar-refractivity contribution in [2.75, 3.05) is 44.2 Å². The first-order chi connectivity index (χ1) is 15.0. The predicted molar refractivity (Wildman–Crippen MR) is 116 cm³/mol. The van der Waals surface area contributed by atoms with Crippen LogP contribution in [0.3, 0.4) is 0 Å². The summed E-state index contributed by atoms with van der Waals surface area (Å²) in [6.07, 6.45) is 0. The van der Waals surface area contributed by atoms with Crippen LogP contribution in [-0.4, -0.2) is 69.3 Å². The number of piperazine rings is 1. The van der Waals surface area contributed by atoms with Crippen molar-refractivity contribution in [3.8, 4) is 0 Å². The molecule has 0 atom stereocenters. The van der Waals surface area contributed by atoms with E-state index in [4.69, 9.17) is 9.72 Å². The Morgan fingerprint density at radius 3 is 2.52 bits per heavy atom. The van der Waals surface area contributed by atoms with E-state index >= 15 is 0 Å². The van der Waals surface area contributed by atoms with E-state index in [2.05, 4.69) is 9.88 Å². The van der Waals surface area contributed by atoms with Crippen molar-refractivity contribution in [3.63, 3.8) is 0 Å². The van der Waals surface area contributed by atoms with Crippen molar-refractivity contribution >= 4 is 23.1 Å². The lowest BCUT2D eigenvalue weighted by atomic mass is 10.2. The lowest BCUT2D eigenvalue weighted by molar-refractivity contribution is -0.144. The molecule has 0 spiro atoms. The zero-order chi connectivity index (χ0) is 22.0. The third kappa shape index (κ3) is 4.24. The van der Waals surface area contributed by atoms with Crippen LogP contribution in [0, 0.1) is 0 Å².